The van der Waals surface area contributed by atoms with Gasteiger partial charge in [-0.05, 0) is 0 Å². The molecule has 0 aliphatic rings. The molecule has 0 rings (SSSR count). The average molecular weight is 298 g/mol. The van der Waals surface area contributed by atoms with Crippen LogP contribution in [-0.2, 0) is 26.4 Å². The topological polar surface area (TPSA) is 210 Å². The molecule has 0 bridgehead atoms. The molecule has 0 aromatic carbocycles. The first-order chi connectivity index (χ1) is 3.13. The van der Waals surface area contributed by atoms with Crippen LogP contribution in [0.1, 0.15) is 0 Å². The van der Waals surface area contributed by atoms with Crippen LogP contribution in [0.5, 0.6) is 0 Å². The standard InChI is InChI=1S/2K.H2O5S2.4H2O.2H/c;;1-6(2)5-7(3)4;;;;;;/h;;(H,1,2)(H,3,4);4*1H2;;. The molecule has 0 aliphatic heterocycles. The van der Waals surface area contributed by atoms with E-state index in [0.717, 1.165) is 0 Å². The summed E-state index contributed by atoms with van der Waals surface area (Å²) in [6, 6.07) is 0. The second-order valence-electron chi connectivity index (χ2n) is 0.502. The van der Waals surface area contributed by atoms with Crippen LogP contribution in [-0.4, -0.2) is 142 Å². The first-order valence-corrected chi connectivity index (χ1v) is 3.10. The van der Waals surface area contributed by atoms with Crippen LogP contribution in [0.4, 0.5) is 0 Å². The number of rotatable bonds is 2. The van der Waals surface area contributed by atoms with E-state index in [1.165, 1.54) is 0 Å². The molecule has 0 radical (unpaired) electrons. The van der Waals surface area contributed by atoms with E-state index in [4.69, 9.17) is 9.11 Å². The predicted octanol–water partition coefficient (Wildman–Crippen LogP) is -5.32. The monoisotopic (exact) mass is 298 g/mol. The minimum absolute atomic E-state index is 0. The number of hydrogen-bond donors (Lipinski definition) is 2. The van der Waals surface area contributed by atoms with Crippen molar-refractivity contribution < 1.29 is 43.1 Å². The summed E-state index contributed by atoms with van der Waals surface area (Å²) in [6.45, 7) is 0. The van der Waals surface area contributed by atoms with Gasteiger partial charge in [-0.2, -0.15) is 8.42 Å². The Hall–Kier alpha value is 3.29. The van der Waals surface area contributed by atoms with E-state index in [1.807, 2.05) is 0 Å². The van der Waals surface area contributed by atoms with Crippen molar-refractivity contribution in [3.05, 3.63) is 0 Å². The van der Waals surface area contributed by atoms with E-state index in [0.29, 0.717) is 0 Å². The van der Waals surface area contributed by atoms with Crippen molar-refractivity contribution in [2.24, 2.45) is 0 Å². The summed E-state index contributed by atoms with van der Waals surface area (Å²) in [7, 11) is 0. The third kappa shape index (κ3) is 50.8. The van der Waals surface area contributed by atoms with E-state index in [9.17, 15) is 8.42 Å². The zero-order chi connectivity index (χ0) is 5.86. The normalized spacial score (nSPS) is 10.0. The van der Waals surface area contributed by atoms with Crippen molar-refractivity contribution in [3.63, 3.8) is 0 Å². The van der Waals surface area contributed by atoms with Crippen LogP contribution in [0, 0.1) is 0 Å². The van der Waals surface area contributed by atoms with Crippen LogP contribution in [0.2, 0.25) is 0 Å². The summed E-state index contributed by atoms with van der Waals surface area (Å²) in [4.78, 5) is 0. The Labute approximate surface area is 164 Å². The first kappa shape index (κ1) is 44.1. The molecule has 0 unspecified atom stereocenters. The molecule has 9 nitrogen and oxygen atoms in total. The molecule has 13 heteroatoms. The second-order valence-corrected chi connectivity index (χ2v) is 1.92. The zero-order valence-corrected chi connectivity index (χ0v) is 6.57. The van der Waals surface area contributed by atoms with Crippen LogP contribution in [0.15, 0.2) is 0 Å². The molecular weight excluding hydrogens is 286 g/mol. The molecule has 80 valence electrons. The predicted molar refractivity (Wildman–Crippen MR) is 51.4 cm³/mol. The third-order valence-electron chi connectivity index (χ3n) is 0.116. The fourth-order valence-corrected chi connectivity index (χ4v) is 0.448. The third-order valence-corrected chi connectivity index (χ3v) is 1.05. The van der Waals surface area contributed by atoms with E-state index in [1.54, 1.807) is 0 Å². The van der Waals surface area contributed by atoms with Gasteiger partial charge in [-0.15, -0.1) is 3.63 Å². The fourth-order valence-electron chi connectivity index (χ4n) is 0.0498. The van der Waals surface area contributed by atoms with Gasteiger partial charge < -0.3 is 21.9 Å². The second kappa shape index (κ2) is 29.5. The maximum atomic E-state index is 9.35. The van der Waals surface area contributed by atoms with Crippen LogP contribution in [0.25, 0.3) is 0 Å². The van der Waals surface area contributed by atoms with Gasteiger partial charge in [-0.3, -0.25) is 9.11 Å². The Bertz CT molecular complexity index is 91.8. The fraction of sp³-hybridized carbons (Fsp3) is 0. The van der Waals surface area contributed by atoms with Gasteiger partial charge in [0.1, 0.15) is 0 Å². The van der Waals surface area contributed by atoms with Crippen molar-refractivity contribution in [3.8, 4) is 0 Å². The molecule has 0 aliphatic carbocycles. The van der Waals surface area contributed by atoms with E-state index in [2.05, 4.69) is 3.63 Å². The average Bonchev–Trinajstić information content (AvgIpc) is 1.27. The van der Waals surface area contributed by atoms with Crippen molar-refractivity contribution >= 4 is 125 Å². The van der Waals surface area contributed by atoms with E-state index < -0.39 is 22.7 Å². The van der Waals surface area contributed by atoms with Crippen molar-refractivity contribution in [1.29, 1.82) is 0 Å². The molecule has 0 saturated heterocycles. The molecule has 0 heterocycles. The molecule has 0 saturated carbocycles. The van der Waals surface area contributed by atoms with Gasteiger partial charge in [-0.1, -0.05) is 0 Å². The van der Waals surface area contributed by atoms with Gasteiger partial charge in [0.05, 0.1) is 0 Å². The molecule has 0 fully saturated rings. The van der Waals surface area contributed by atoms with Crippen LogP contribution in [0.3, 0.4) is 0 Å². The summed E-state index contributed by atoms with van der Waals surface area (Å²) < 4.78 is 37.2. The Kier molecular flexibility index (Phi) is 100. The molecule has 0 aromatic heterocycles. The van der Waals surface area contributed by atoms with Crippen molar-refractivity contribution in [2.45, 2.75) is 0 Å². The molecule has 0 spiro atoms. The number of hydrogen-bond acceptors (Lipinski definition) is 3. The van der Waals surface area contributed by atoms with Crippen LogP contribution < -0.4 is 0 Å². The molecule has 0 aromatic rings. The zero-order valence-electron chi connectivity index (χ0n) is 4.94. The summed E-state index contributed by atoms with van der Waals surface area (Å²) in [5.41, 5.74) is 0. The SMILES string of the molecule is O.O.O.O.O=S(O)OS(=O)O.[KH].[KH]. The van der Waals surface area contributed by atoms with Crippen molar-refractivity contribution in [2.75, 3.05) is 0 Å². The van der Waals surface area contributed by atoms with E-state index in [-0.39, 0.29) is 125 Å². The molecule has 0 atom stereocenters. The van der Waals surface area contributed by atoms with Gasteiger partial charge in [0, 0.05) is 0 Å². The van der Waals surface area contributed by atoms with Gasteiger partial charge in [-0.25, -0.2) is 0 Å². The molecular formula is H12K2O9S2. The van der Waals surface area contributed by atoms with Crippen LogP contribution >= 0.6 is 0 Å². The Morgan fingerprint density at radius 1 is 0.769 bits per heavy atom. The summed E-state index contributed by atoms with van der Waals surface area (Å²) >= 11 is -5.29. The summed E-state index contributed by atoms with van der Waals surface area (Å²) in [5, 5.41) is 0. The van der Waals surface area contributed by atoms with Gasteiger partial charge in [0.2, 0.25) is 0 Å². The Morgan fingerprint density at radius 2 is 0.923 bits per heavy atom. The quantitative estimate of drug-likeness (QED) is 0.376. The van der Waals surface area contributed by atoms with Gasteiger partial charge in [0.15, 0.2) is 0 Å². The van der Waals surface area contributed by atoms with Gasteiger partial charge >= 0.3 is 125 Å². The first-order valence-electron chi connectivity index (χ1n) is 1.03. The minimum atomic E-state index is -2.65. The van der Waals surface area contributed by atoms with Crippen molar-refractivity contribution in [1.82, 2.24) is 0 Å². The molecule has 0 amide bonds. The summed E-state index contributed by atoms with van der Waals surface area (Å²) in [5.74, 6) is 0. The van der Waals surface area contributed by atoms with Gasteiger partial charge in [0.25, 0.3) is 0 Å². The van der Waals surface area contributed by atoms with E-state index >= 15 is 0 Å². The Balaban J connectivity index is -0.0000000120. The maximum absolute atomic E-state index is 9.35. The summed E-state index contributed by atoms with van der Waals surface area (Å²) in [6.07, 6.45) is 0. The molecule has 10 N–H and O–H groups in total. The molecule has 13 heavy (non-hydrogen) atoms. The Morgan fingerprint density at radius 3 is 0.923 bits per heavy atom.